The molecule has 0 aliphatic carbocycles. The van der Waals surface area contributed by atoms with Gasteiger partial charge in [-0.1, -0.05) is 31.5 Å². The Bertz CT molecular complexity index is 586. The lowest BCUT2D eigenvalue weighted by molar-refractivity contribution is -0.112. The second-order valence-corrected chi connectivity index (χ2v) is 6.03. The SMILES string of the molecule is Cc1cc(C)c(NC(=O)/C(C#N)=C\NCCC(C)C)c(C)c1. The number of benzene rings is 1. The van der Waals surface area contributed by atoms with Crippen molar-refractivity contribution in [3.05, 3.63) is 40.6 Å². The van der Waals surface area contributed by atoms with Gasteiger partial charge < -0.3 is 10.6 Å². The molecule has 1 aromatic rings. The molecule has 0 aromatic heterocycles. The molecule has 118 valence electrons. The zero-order valence-corrected chi connectivity index (χ0v) is 14.1. The van der Waals surface area contributed by atoms with Crippen LogP contribution in [0.25, 0.3) is 0 Å². The lowest BCUT2D eigenvalue weighted by Gasteiger charge is -2.12. The Balaban J connectivity index is 2.78. The first kappa shape index (κ1) is 17.8. The molecule has 0 bridgehead atoms. The number of nitriles is 1. The van der Waals surface area contributed by atoms with Crippen LogP contribution in [0.3, 0.4) is 0 Å². The number of anilines is 1. The van der Waals surface area contributed by atoms with Gasteiger partial charge in [-0.3, -0.25) is 4.79 Å². The van der Waals surface area contributed by atoms with E-state index in [9.17, 15) is 4.79 Å². The highest BCUT2D eigenvalue weighted by Gasteiger charge is 2.12. The van der Waals surface area contributed by atoms with Gasteiger partial charge in [-0.25, -0.2) is 0 Å². The van der Waals surface area contributed by atoms with Crippen molar-refractivity contribution in [2.75, 3.05) is 11.9 Å². The summed E-state index contributed by atoms with van der Waals surface area (Å²) in [4.78, 5) is 12.2. The first-order chi connectivity index (χ1) is 10.3. The average molecular weight is 299 g/mol. The predicted molar refractivity (Wildman–Crippen MR) is 90.4 cm³/mol. The number of carbonyl (C=O) groups excluding carboxylic acids is 1. The maximum Gasteiger partial charge on any atom is 0.267 e. The molecule has 0 saturated heterocycles. The third kappa shape index (κ3) is 5.25. The minimum atomic E-state index is -0.380. The van der Waals surface area contributed by atoms with E-state index < -0.39 is 0 Å². The molecule has 0 fully saturated rings. The molecule has 2 N–H and O–H groups in total. The van der Waals surface area contributed by atoms with Crippen LogP contribution in [0.5, 0.6) is 0 Å². The lowest BCUT2D eigenvalue weighted by Crippen LogP contribution is -2.18. The van der Waals surface area contributed by atoms with Crippen LogP contribution in [0.1, 0.15) is 37.0 Å². The van der Waals surface area contributed by atoms with Gasteiger partial charge in [0, 0.05) is 18.4 Å². The first-order valence-corrected chi connectivity index (χ1v) is 7.58. The Morgan fingerprint density at radius 1 is 1.27 bits per heavy atom. The fourth-order valence-corrected chi connectivity index (χ4v) is 2.25. The normalized spacial score (nSPS) is 11.2. The van der Waals surface area contributed by atoms with Gasteiger partial charge in [0.2, 0.25) is 0 Å². The predicted octanol–water partition coefficient (Wildman–Crippen LogP) is 3.59. The van der Waals surface area contributed by atoms with E-state index in [4.69, 9.17) is 5.26 Å². The molecular formula is C18H25N3O. The summed E-state index contributed by atoms with van der Waals surface area (Å²) in [6, 6.07) is 5.97. The molecule has 0 aliphatic rings. The highest BCUT2D eigenvalue weighted by molar-refractivity contribution is 6.07. The van der Waals surface area contributed by atoms with Crippen LogP contribution in [0.15, 0.2) is 23.9 Å². The van der Waals surface area contributed by atoms with E-state index in [1.54, 1.807) is 0 Å². The second-order valence-electron chi connectivity index (χ2n) is 6.03. The smallest absolute Gasteiger partial charge is 0.267 e. The van der Waals surface area contributed by atoms with E-state index in [2.05, 4.69) is 24.5 Å². The Morgan fingerprint density at radius 2 is 1.86 bits per heavy atom. The number of amides is 1. The summed E-state index contributed by atoms with van der Waals surface area (Å²) in [6.45, 7) is 10.9. The van der Waals surface area contributed by atoms with Gasteiger partial charge in [-0.05, 0) is 44.2 Å². The Labute approximate surface area is 133 Å². The van der Waals surface area contributed by atoms with E-state index in [-0.39, 0.29) is 11.5 Å². The first-order valence-electron chi connectivity index (χ1n) is 7.58. The van der Waals surface area contributed by atoms with Crippen LogP contribution in [0.2, 0.25) is 0 Å². The van der Waals surface area contributed by atoms with E-state index in [0.717, 1.165) is 35.3 Å². The van der Waals surface area contributed by atoms with E-state index in [0.29, 0.717) is 5.92 Å². The fraction of sp³-hybridized carbons (Fsp3) is 0.444. The van der Waals surface area contributed by atoms with Crippen LogP contribution < -0.4 is 10.6 Å². The third-order valence-corrected chi connectivity index (χ3v) is 3.39. The van der Waals surface area contributed by atoms with Crippen molar-refractivity contribution in [1.29, 1.82) is 5.26 Å². The summed E-state index contributed by atoms with van der Waals surface area (Å²) < 4.78 is 0. The summed E-state index contributed by atoms with van der Waals surface area (Å²) in [5, 5.41) is 15.0. The molecule has 4 heteroatoms. The van der Waals surface area contributed by atoms with Crippen molar-refractivity contribution in [3.63, 3.8) is 0 Å². The molecule has 22 heavy (non-hydrogen) atoms. The monoisotopic (exact) mass is 299 g/mol. The van der Waals surface area contributed by atoms with Gasteiger partial charge in [0.1, 0.15) is 11.6 Å². The molecule has 4 nitrogen and oxygen atoms in total. The topological polar surface area (TPSA) is 64.9 Å². The summed E-state index contributed by atoms with van der Waals surface area (Å²) in [5.41, 5.74) is 4.01. The standard InChI is InChI=1S/C18H25N3O/c1-12(2)6-7-20-11-16(10-19)18(22)21-17-14(4)8-13(3)9-15(17)5/h8-9,11-12,20H,6-7H2,1-5H3,(H,21,22)/b16-11-. The zero-order valence-electron chi connectivity index (χ0n) is 14.1. The number of nitrogens with zero attached hydrogens (tertiary/aromatic N) is 1. The number of hydrogen-bond donors (Lipinski definition) is 2. The van der Waals surface area contributed by atoms with Crippen LogP contribution >= 0.6 is 0 Å². The largest absolute Gasteiger partial charge is 0.390 e. The van der Waals surface area contributed by atoms with Gasteiger partial charge in [0.15, 0.2) is 0 Å². The van der Waals surface area contributed by atoms with Crippen molar-refractivity contribution in [2.24, 2.45) is 5.92 Å². The van der Waals surface area contributed by atoms with Gasteiger partial charge in [-0.2, -0.15) is 5.26 Å². The van der Waals surface area contributed by atoms with Crippen LogP contribution in [-0.4, -0.2) is 12.5 Å². The maximum atomic E-state index is 12.2. The Hall–Kier alpha value is -2.28. The van der Waals surface area contributed by atoms with Gasteiger partial charge in [0.05, 0.1) is 0 Å². The van der Waals surface area contributed by atoms with E-state index >= 15 is 0 Å². The van der Waals surface area contributed by atoms with Crippen molar-refractivity contribution < 1.29 is 4.79 Å². The zero-order chi connectivity index (χ0) is 16.7. The minimum absolute atomic E-state index is 0.0862. The number of aryl methyl sites for hydroxylation is 3. The minimum Gasteiger partial charge on any atom is -0.390 e. The maximum absolute atomic E-state index is 12.2. The lowest BCUT2D eigenvalue weighted by atomic mass is 10.0. The fourth-order valence-electron chi connectivity index (χ4n) is 2.25. The van der Waals surface area contributed by atoms with Crippen LogP contribution in [0, 0.1) is 38.0 Å². The molecule has 1 aromatic carbocycles. The number of carbonyl (C=O) groups is 1. The second kappa shape index (κ2) is 8.23. The molecule has 0 saturated carbocycles. The number of rotatable bonds is 6. The van der Waals surface area contributed by atoms with Crippen LogP contribution in [0.4, 0.5) is 5.69 Å². The van der Waals surface area contributed by atoms with Crippen molar-refractivity contribution in [2.45, 2.75) is 41.0 Å². The Kier molecular flexibility index (Phi) is 6.65. The van der Waals surface area contributed by atoms with Crippen molar-refractivity contribution in [1.82, 2.24) is 5.32 Å². The molecule has 0 heterocycles. The molecule has 1 amide bonds. The van der Waals surface area contributed by atoms with Crippen LogP contribution in [-0.2, 0) is 4.79 Å². The van der Waals surface area contributed by atoms with Gasteiger partial charge >= 0.3 is 0 Å². The quantitative estimate of drug-likeness (QED) is 0.479. The highest BCUT2D eigenvalue weighted by Crippen LogP contribution is 2.22. The van der Waals surface area contributed by atoms with Gasteiger partial charge in [0.25, 0.3) is 5.91 Å². The molecule has 1 rings (SSSR count). The number of hydrogen-bond acceptors (Lipinski definition) is 3. The van der Waals surface area contributed by atoms with E-state index in [1.807, 2.05) is 39.0 Å². The highest BCUT2D eigenvalue weighted by atomic mass is 16.1. The van der Waals surface area contributed by atoms with Crippen molar-refractivity contribution >= 4 is 11.6 Å². The summed E-state index contributed by atoms with van der Waals surface area (Å²) >= 11 is 0. The number of nitrogens with one attached hydrogen (secondary N) is 2. The van der Waals surface area contributed by atoms with Gasteiger partial charge in [-0.15, -0.1) is 0 Å². The van der Waals surface area contributed by atoms with Crippen molar-refractivity contribution in [3.8, 4) is 6.07 Å². The van der Waals surface area contributed by atoms with E-state index in [1.165, 1.54) is 6.20 Å². The molecule has 0 aliphatic heterocycles. The summed E-state index contributed by atoms with van der Waals surface area (Å²) in [5.74, 6) is 0.202. The molecular weight excluding hydrogens is 274 g/mol. The Morgan fingerprint density at radius 3 is 2.36 bits per heavy atom. The molecule has 0 radical (unpaired) electrons. The summed E-state index contributed by atoms with van der Waals surface area (Å²) in [6.07, 6.45) is 2.49. The third-order valence-electron chi connectivity index (χ3n) is 3.39. The molecule has 0 spiro atoms. The molecule has 0 atom stereocenters. The molecule has 0 unspecified atom stereocenters. The average Bonchev–Trinajstić information content (AvgIpc) is 2.42. The summed E-state index contributed by atoms with van der Waals surface area (Å²) in [7, 11) is 0.